The molecule has 0 saturated carbocycles. The Labute approximate surface area is 152 Å². The van der Waals surface area contributed by atoms with E-state index < -0.39 is 8.07 Å². The first-order chi connectivity index (χ1) is 11.8. The van der Waals surface area contributed by atoms with Crippen LogP contribution in [0.15, 0.2) is 54.6 Å². The van der Waals surface area contributed by atoms with E-state index in [1.165, 1.54) is 5.56 Å². The van der Waals surface area contributed by atoms with Gasteiger partial charge in [0.1, 0.15) is 5.75 Å². The summed E-state index contributed by atoms with van der Waals surface area (Å²) in [6, 6.07) is 18.2. The molecule has 0 fully saturated rings. The Hall–Kier alpha value is -2.07. The van der Waals surface area contributed by atoms with Crippen LogP contribution in [-0.2, 0) is 4.79 Å². The second kappa shape index (κ2) is 8.34. The van der Waals surface area contributed by atoms with Crippen LogP contribution in [0.3, 0.4) is 0 Å². The Morgan fingerprint density at radius 2 is 1.60 bits per heavy atom. The number of rotatable bonds is 7. The zero-order valence-electron chi connectivity index (χ0n) is 15.9. The van der Waals surface area contributed by atoms with Crippen LogP contribution in [0, 0.1) is 0 Å². The van der Waals surface area contributed by atoms with E-state index in [0.29, 0.717) is 6.42 Å². The molecular formula is C21H29NO2Si. The summed E-state index contributed by atoms with van der Waals surface area (Å²) in [4.78, 5) is 12.7. The van der Waals surface area contributed by atoms with E-state index in [-0.39, 0.29) is 17.5 Å². The van der Waals surface area contributed by atoms with Crippen LogP contribution in [0.4, 0.5) is 0 Å². The van der Waals surface area contributed by atoms with Crippen molar-refractivity contribution in [1.82, 2.24) is 5.32 Å². The van der Waals surface area contributed by atoms with E-state index in [1.54, 1.807) is 7.11 Å². The predicted octanol–water partition coefficient (Wildman–Crippen LogP) is 4.92. The van der Waals surface area contributed by atoms with Crippen LogP contribution in [0.1, 0.15) is 36.1 Å². The largest absolute Gasteiger partial charge is 0.497 e. The lowest BCUT2D eigenvalue weighted by molar-refractivity contribution is -0.121. The van der Waals surface area contributed by atoms with Gasteiger partial charge in [-0.2, -0.15) is 0 Å². The van der Waals surface area contributed by atoms with Crippen LogP contribution in [-0.4, -0.2) is 21.1 Å². The lowest BCUT2D eigenvalue weighted by Gasteiger charge is -2.29. The Morgan fingerprint density at radius 3 is 2.12 bits per heavy atom. The van der Waals surface area contributed by atoms with Gasteiger partial charge in [-0.05, 0) is 35.7 Å². The summed E-state index contributed by atoms with van der Waals surface area (Å²) in [7, 11) is 0.120. The summed E-state index contributed by atoms with van der Waals surface area (Å²) in [5.74, 6) is 0.958. The molecule has 0 radical (unpaired) electrons. The van der Waals surface area contributed by atoms with Gasteiger partial charge in [-0.3, -0.25) is 4.79 Å². The van der Waals surface area contributed by atoms with Crippen LogP contribution >= 0.6 is 0 Å². The lowest BCUT2D eigenvalue weighted by Crippen LogP contribution is -2.36. The number of ether oxygens (including phenoxy) is 1. The minimum absolute atomic E-state index is 0.0202. The van der Waals surface area contributed by atoms with E-state index in [4.69, 9.17) is 4.74 Å². The molecule has 3 nitrogen and oxygen atoms in total. The SMILES string of the molecule is COc1ccc([C@@H](CC(=O)N[C@@H](C)c2ccccc2)[Si](C)(C)C)cc1. The molecule has 0 unspecified atom stereocenters. The molecule has 0 aliphatic heterocycles. The minimum Gasteiger partial charge on any atom is -0.497 e. The highest BCUT2D eigenvalue weighted by Gasteiger charge is 2.30. The molecule has 0 heterocycles. The predicted molar refractivity (Wildman–Crippen MR) is 107 cm³/mol. The fraction of sp³-hybridized carbons (Fsp3) is 0.381. The highest BCUT2D eigenvalue weighted by molar-refractivity contribution is 6.77. The Balaban J connectivity index is 2.10. The Bertz CT molecular complexity index is 677. The fourth-order valence-corrected chi connectivity index (χ4v) is 5.06. The van der Waals surface area contributed by atoms with Gasteiger partial charge in [-0.15, -0.1) is 0 Å². The highest BCUT2D eigenvalue weighted by atomic mass is 28.3. The monoisotopic (exact) mass is 355 g/mol. The van der Waals surface area contributed by atoms with Crippen molar-refractivity contribution >= 4 is 14.0 Å². The molecule has 2 aromatic rings. The average Bonchev–Trinajstić information content (AvgIpc) is 2.59. The summed E-state index contributed by atoms with van der Waals surface area (Å²) in [6.07, 6.45) is 0.527. The molecular weight excluding hydrogens is 326 g/mol. The molecule has 2 aromatic carbocycles. The molecule has 1 amide bonds. The summed E-state index contributed by atoms with van der Waals surface area (Å²) >= 11 is 0. The maximum atomic E-state index is 12.7. The lowest BCUT2D eigenvalue weighted by atomic mass is 10.1. The van der Waals surface area contributed by atoms with Crippen molar-refractivity contribution in [2.45, 2.75) is 44.6 Å². The third-order valence-electron chi connectivity index (χ3n) is 4.63. The average molecular weight is 356 g/mol. The number of carbonyl (C=O) groups excluding carboxylic acids is 1. The van der Waals surface area contributed by atoms with Crippen LogP contribution < -0.4 is 10.1 Å². The number of hydrogen-bond acceptors (Lipinski definition) is 2. The molecule has 0 spiro atoms. The molecule has 1 N–H and O–H groups in total. The fourth-order valence-electron chi connectivity index (χ4n) is 3.07. The van der Waals surface area contributed by atoms with E-state index >= 15 is 0 Å². The zero-order chi connectivity index (χ0) is 18.4. The molecule has 0 saturated heterocycles. The quantitative estimate of drug-likeness (QED) is 0.716. The van der Waals surface area contributed by atoms with Crippen molar-refractivity contribution in [1.29, 1.82) is 0 Å². The topological polar surface area (TPSA) is 38.3 Å². The summed E-state index contributed by atoms with van der Waals surface area (Å²) in [5.41, 5.74) is 2.63. The maximum Gasteiger partial charge on any atom is 0.220 e. The molecule has 0 bridgehead atoms. The maximum absolute atomic E-state index is 12.7. The molecule has 0 aromatic heterocycles. The standard InChI is InChI=1S/C21H29NO2Si/c1-16(17-9-7-6-8-10-17)22-21(23)15-20(25(3,4)5)18-11-13-19(24-2)14-12-18/h6-14,16,20H,15H2,1-5H3,(H,22,23)/t16-,20+/m0/s1. The van der Waals surface area contributed by atoms with Gasteiger partial charge in [0.2, 0.25) is 5.91 Å². The van der Waals surface area contributed by atoms with Gasteiger partial charge < -0.3 is 10.1 Å². The zero-order valence-corrected chi connectivity index (χ0v) is 16.9. The van der Waals surface area contributed by atoms with Gasteiger partial charge in [0.05, 0.1) is 21.2 Å². The number of hydrogen-bond donors (Lipinski definition) is 1. The molecule has 2 rings (SSSR count). The van der Waals surface area contributed by atoms with E-state index in [0.717, 1.165) is 11.3 Å². The van der Waals surface area contributed by atoms with E-state index in [2.05, 4.69) is 37.1 Å². The molecule has 0 aliphatic rings. The first-order valence-electron chi connectivity index (χ1n) is 8.79. The number of nitrogens with one attached hydrogen (secondary N) is 1. The molecule has 25 heavy (non-hydrogen) atoms. The van der Waals surface area contributed by atoms with Gasteiger partial charge in [0, 0.05) is 6.42 Å². The number of benzene rings is 2. The smallest absolute Gasteiger partial charge is 0.220 e. The van der Waals surface area contributed by atoms with Crippen LogP contribution in [0.5, 0.6) is 5.75 Å². The van der Waals surface area contributed by atoms with Gasteiger partial charge in [0.25, 0.3) is 0 Å². The van der Waals surface area contributed by atoms with Gasteiger partial charge >= 0.3 is 0 Å². The van der Waals surface area contributed by atoms with E-state index in [1.807, 2.05) is 49.4 Å². The van der Waals surface area contributed by atoms with Gasteiger partial charge in [0.15, 0.2) is 0 Å². The number of methoxy groups -OCH3 is 1. The van der Waals surface area contributed by atoms with Crippen LogP contribution in [0.2, 0.25) is 19.6 Å². The van der Waals surface area contributed by atoms with Crippen LogP contribution in [0.25, 0.3) is 0 Å². The van der Waals surface area contributed by atoms with Crippen molar-refractivity contribution in [3.8, 4) is 5.75 Å². The van der Waals surface area contributed by atoms with Crippen molar-refractivity contribution in [2.75, 3.05) is 7.11 Å². The molecule has 134 valence electrons. The third kappa shape index (κ3) is 5.46. The molecule has 2 atom stereocenters. The normalized spacial score (nSPS) is 13.8. The summed E-state index contributed by atoms with van der Waals surface area (Å²) in [6.45, 7) is 8.98. The number of amides is 1. The second-order valence-corrected chi connectivity index (χ2v) is 13.0. The first kappa shape index (κ1) is 19.3. The summed E-state index contributed by atoms with van der Waals surface area (Å²) < 4.78 is 5.25. The highest BCUT2D eigenvalue weighted by Crippen LogP contribution is 2.31. The Morgan fingerprint density at radius 1 is 1.00 bits per heavy atom. The van der Waals surface area contributed by atoms with Gasteiger partial charge in [-0.1, -0.05) is 62.1 Å². The summed E-state index contributed by atoms with van der Waals surface area (Å²) in [5, 5.41) is 3.15. The van der Waals surface area contributed by atoms with E-state index in [9.17, 15) is 4.79 Å². The molecule has 4 heteroatoms. The number of carbonyl (C=O) groups is 1. The van der Waals surface area contributed by atoms with Gasteiger partial charge in [-0.25, -0.2) is 0 Å². The first-order valence-corrected chi connectivity index (χ1v) is 12.4. The second-order valence-electron chi connectivity index (χ2n) is 7.60. The van der Waals surface area contributed by atoms with Crippen molar-refractivity contribution in [3.05, 3.63) is 65.7 Å². The third-order valence-corrected chi connectivity index (χ3v) is 7.26. The van der Waals surface area contributed by atoms with Crippen molar-refractivity contribution in [2.24, 2.45) is 0 Å². The van der Waals surface area contributed by atoms with Crippen molar-refractivity contribution < 1.29 is 9.53 Å². The van der Waals surface area contributed by atoms with Crippen molar-refractivity contribution in [3.63, 3.8) is 0 Å². The minimum atomic E-state index is -1.55. The molecule has 0 aliphatic carbocycles. The Kier molecular flexibility index (Phi) is 6.43.